The summed E-state index contributed by atoms with van der Waals surface area (Å²) in [5.41, 5.74) is 10.4. The first-order chi connectivity index (χ1) is 15.8. The maximum Gasteiger partial charge on any atom is 0.326 e. The fourth-order valence-electron chi connectivity index (χ4n) is 2.52. The molecular formula is C18H29N5O11. The minimum atomic E-state index is -1.64. The average molecular weight is 491 g/mol. The Morgan fingerprint density at radius 1 is 0.647 bits per heavy atom. The number of aliphatic hydroxyl groups is 1. The molecule has 11 N–H and O–H groups in total. The molecule has 192 valence electrons. The van der Waals surface area contributed by atoms with Crippen LogP contribution < -0.4 is 27.4 Å². The van der Waals surface area contributed by atoms with Gasteiger partial charge in [-0.2, -0.15) is 0 Å². The fraction of sp³-hybridized carbons (Fsp3) is 0.611. The molecule has 0 aromatic heterocycles. The minimum absolute atomic E-state index is 0.325. The van der Waals surface area contributed by atoms with Gasteiger partial charge >= 0.3 is 17.9 Å². The summed E-state index contributed by atoms with van der Waals surface area (Å²) < 4.78 is 0. The molecule has 0 spiro atoms. The zero-order valence-corrected chi connectivity index (χ0v) is 18.1. The van der Waals surface area contributed by atoms with Crippen molar-refractivity contribution in [3.63, 3.8) is 0 Å². The van der Waals surface area contributed by atoms with Crippen molar-refractivity contribution in [2.45, 2.75) is 62.7 Å². The molecule has 0 aliphatic rings. The Hall–Kier alpha value is -3.79. The molecule has 0 aromatic carbocycles. The van der Waals surface area contributed by atoms with Crippen LogP contribution in [0.3, 0.4) is 0 Å². The third-order valence-corrected chi connectivity index (χ3v) is 4.39. The molecule has 4 amide bonds. The maximum absolute atomic E-state index is 12.7. The van der Waals surface area contributed by atoms with Gasteiger partial charge in [0, 0.05) is 19.3 Å². The second-order valence-corrected chi connectivity index (χ2v) is 7.18. The van der Waals surface area contributed by atoms with E-state index < -0.39 is 98.0 Å². The lowest BCUT2D eigenvalue weighted by Gasteiger charge is -2.24. The first kappa shape index (κ1) is 30.2. The highest BCUT2D eigenvalue weighted by Crippen LogP contribution is 2.05. The Kier molecular flexibility index (Phi) is 13.4. The van der Waals surface area contributed by atoms with Crippen LogP contribution in [-0.2, 0) is 33.6 Å². The van der Waals surface area contributed by atoms with Gasteiger partial charge in [-0.1, -0.05) is 0 Å². The number of carboxylic acid groups (broad SMARTS) is 3. The quantitative estimate of drug-likeness (QED) is 0.0936. The molecule has 0 saturated heterocycles. The molecule has 0 fully saturated rings. The molecule has 0 aliphatic heterocycles. The molecule has 4 unspecified atom stereocenters. The Labute approximate surface area is 193 Å². The molecule has 0 saturated carbocycles. The number of carboxylic acids is 3. The lowest BCUT2D eigenvalue weighted by molar-refractivity contribution is -0.144. The molecule has 4 atom stereocenters. The van der Waals surface area contributed by atoms with E-state index in [1.165, 1.54) is 0 Å². The minimum Gasteiger partial charge on any atom is -0.481 e. The largest absolute Gasteiger partial charge is 0.481 e. The van der Waals surface area contributed by atoms with Gasteiger partial charge in [0.15, 0.2) is 0 Å². The van der Waals surface area contributed by atoms with E-state index >= 15 is 0 Å². The van der Waals surface area contributed by atoms with Gasteiger partial charge < -0.3 is 47.8 Å². The van der Waals surface area contributed by atoms with Crippen molar-refractivity contribution in [1.29, 1.82) is 0 Å². The van der Waals surface area contributed by atoms with E-state index in [9.17, 15) is 38.7 Å². The Morgan fingerprint density at radius 3 is 1.41 bits per heavy atom. The number of amides is 4. The summed E-state index contributed by atoms with van der Waals surface area (Å²) in [5.74, 6) is -8.13. The molecule has 16 heteroatoms. The summed E-state index contributed by atoms with van der Waals surface area (Å²) in [6.45, 7) is -0.757. The Bertz CT molecular complexity index is 788. The third-order valence-electron chi connectivity index (χ3n) is 4.39. The van der Waals surface area contributed by atoms with Gasteiger partial charge in [-0.05, 0) is 19.3 Å². The monoisotopic (exact) mass is 491 g/mol. The maximum atomic E-state index is 12.7. The van der Waals surface area contributed by atoms with E-state index in [4.69, 9.17) is 26.8 Å². The van der Waals surface area contributed by atoms with Crippen LogP contribution in [0.1, 0.15) is 38.5 Å². The summed E-state index contributed by atoms with van der Waals surface area (Å²) in [4.78, 5) is 81.3. The van der Waals surface area contributed by atoms with Gasteiger partial charge in [-0.25, -0.2) is 4.79 Å². The second-order valence-electron chi connectivity index (χ2n) is 7.18. The van der Waals surface area contributed by atoms with Crippen LogP contribution in [0.15, 0.2) is 0 Å². The highest BCUT2D eigenvalue weighted by molar-refractivity contribution is 5.94. The van der Waals surface area contributed by atoms with Crippen LogP contribution in [0, 0.1) is 0 Å². The molecule has 0 aliphatic carbocycles. The second kappa shape index (κ2) is 15.1. The number of carbonyl (C=O) groups excluding carboxylic acids is 4. The van der Waals surface area contributed by atoms with Crippen LogP contribution in [0.5, 0.6) is 0 Å². The average Bonchev–Trinajstić information content (AvgIpc) is 2.74. The van der Waals surface area contributed by atoms with Gasteiger partial charge in [0.1, 0.15) is 24.2 Å². The van der Waals surface area contributed by atoms with Gasteiger partial charge in [0.25, 0.3) is 0 Å². The predicted molar refractivity (Wildman–Crippen MR) is 111 cm³/mol. The van der Waals surface area contributed by atoms with E-state index in [2.05, 4.69) is 10.6 Å². The lowest BCUT2D eigenvalue weighted by atomic mass is 10.1. The molecular weight excluding hydrogens is 462 g/mol. The lowest BCUT2D eigenvalue weighted by Crippen LogP contribution is -2.57. The van der Waals surface area contributed by atoms with Crippen molar-refractivity contribution in [1.82, 2.24) is 16.0 Å². The number of primary amides is 1. The van der Waals surface area contributed by atoms with Crippen LogP contribution in [0.2, 0.25) is 0 Å². The summed E-state index contributed by atoms with van der Waals surface area (Å²) in [6, 6.07) is -6.09. The normalized spacial score (nSPS) is 14.1. The van der Waals surface area contributed by atoms with E-state index in [-0.39, 0.29) is 12.8 Å². The SMILES string of the molecule is NC(=O)CCC(NC(=O)C(N)CO)C(=O)NC(CCC(=O)O)C(=O)NC(CCC(=O)O)C(=O)O. The Morgan fingerprint density at radius 2 is 1.03 bits per heavy atom. The number of nitrogens with one attached hydrogen (secondary N) is 3. The highest BCUT2D eigenvalue weighted by Gasteiger charge is 2.31. The van der Waals surface area contributed by atoms with Crippen LogP contribution in [-0.4, -0.2) is 92.7 Å². The number of carbonyl (C=O) groups is 7. The fourth-order valence-corrected chi connectivity index (χ4v) is 2.52. The van der Waals surface area contributed by atoms with Crippen molar-refractivity contribution in [2.75, 3.05) is 6.61 Å². The highest BCUT2D eigenvalue weighted by atomic mass is 16.4. The zero-order valence-electron chi connectivity index (χ0n) is 18.1. The number of nitrogens with two attached hydrogens (primary N) is 2. The molecule has 0 heterocycles. The molecule has 0 aromatic rings. The van der Waals surface area contributed by atoms with Crippen molar-refractivity contribution >= 4 is 41.5 Å². The topological polar surface area (TPSA) is 289 Å². The van der Waals surface area contributed by atoms with Crippen molar-refractivity contribution in [3.05, 3.63) is 0 Å². The van der Waals surface area contributed by atoms with Gasteiger partial charge in [0.2, 0.25) is 23.6 Å². The van der Waals surface area contributed by atoms with Gasteiger partial charge in [-0.3, -0.25) is 28.8 Å². The van der Waals surface area contributed by atoms with Crippen molar-refractivity contribution in [3.8, 4) is 0 Å². The molecule has 0 rings (SSSR count). The summed E-state index contributed by atoms with van der Waals surface area (Å²) in [6.07, 6.45) is -2.85. The predicted octanol–water partition coefficient (Wildman–Crippen LogP) is -4.16. The van der Waals surface area contributed by atoms with Crippen molar-refractivity contribution in [2.24, 2.45) is 11.5 Å². The third kappa shape index (κ3) is 12.3. The van der Waals surface area contributed by atoms with Crippen LogP contribution >= 0.6 is 0 Å². The van der Waals surface area contributed by atoms with E-state index in [0.29, 0.717) is 0 Å². The number of aliphatic carboxylic acids is 3. The summed E-state index contributed by atoms with van der Waals surface area (Å²) in [5, 5.41) is 42.2. The summed E-state index contributed by atoms with van der Waals surface area (Å²) in [7, 11) is 0. The standard InChI is InChI=1S/C18H29N5O11/c19-8(7-24)15(30)21-9(1-4-12(20)25)16(31)22-10(2-5-13(26)27)17(32)23-11(18(33)34)3-6-14(28)29/h8-11,24H,1-7,19H2,(H2,20,25)(H,21,30)(H,22,31)(H,23,32)(H,26,27)(H,28,29)(H,33,34). The van der Waals surface area contributed by atoms with E-state index in [1.54, 1.807) is 0 Å². The number of hydrogen-bond acceptors (Lipinski definition) is 9. The Balaban J connectivity index is 5.59. The van der Waals surface area contributed by atoms with Gasteiger partial charge in [-0.15, -0.1) is 0 Å². The first-order valence-electron chi connectivity index (χ1n) is 10.0. The molecule has 34 heavy (non-hydrogen) atoms. The number of aliphatic hydroxyl groups excluding tert-OH is 1. The number of rotatable bonds is 17. The van der Waals surface area contributed by atoms with E-state index in [1.807, 2.05) is 5.32 Å². The molecule has 0 bridgehead atoms. The van der Waals surface area contributed by atoms with Crippen LogP contribution in [0.4, 0.5) is 0 Å². The van der Waals surface area contributed by atoms with Crippen LogP contribution in [0.25, 0.3) is 0 Å². The molecule has 0 radical (unpaired) electrons. The number of hydrogen-bond donors (Lipinski definition) is 9. The summed E-state index contributed by atoms with van der Waals surface area (Å²) >= 11 is 0. The smallest absolute Gasteiger partial charge is 0.326 e. The first-order valence-corrected chi connectivity index (χ1v) is 10.0. The van der Waals surface area contributed by atoms with E-state index in [0.717, 1.165) is 0 Å². The van der Waals surface area contributed by atoms with Crippen molar-refractivity contribution < 1.29 is 54.0 Å². The van der Waals surface area contributed by atoms with Gasteiger partial charge in [0.05, 0.1) is 6.61 Å². The zero-order chi connectivity index (χ0) is 26.4. The molecule has 16 nitrogen and oxygen atoms in total.